The summed E-state index contributed by atoms with van der Waals surface area (Å²) in [6.07, 6.45) is 3.11. The molecule has 0 aliphatic carbocycles. The summed E-state index contributed by atoms with van der Waals surface area (Å²) in [6.45, 7) is 1.81. The maximum atomic E-state index is 13.2. The number of halogens is 2. The number of carbonyl (C=O) groups excluding carboxylic acids is 2. The molecule has 0 saturated carbocycles. The number of aliphatic hydroxyl groups excluding tert-OH is 1. The van der Waals surface area contributed by atoms with Crippen LogP contribution >= 0.6 is 23.2 Å². The molecule has 2 heterocycles. The van der Waals surface area contributed by atoms with E-state index in [1.807, 2.05) is 6.92 Å². The second kappa shape index (κ2) is 8.65. The topological polar surface area (TPSA) is 79.7 Å². The Hall–Kier alpha value is -3.35. The molecular formula is C24H18Cl2N2O4. The lowest BCUT2D eigenvalue weighted by molar-refractivity contribution is -0.132. The van der Waals surface area contributed by atoms with Crippen LogP contribution in [0.3, 0.4) is 0 Å². The molecular weight excluding hydrogens is 451 g/mol. The Balaban J connectivity index is 2.01. The molecule has 1 aromatic heterocycles. The molecule has 1 N–H and O–H groups in total. The normalized spacial score (nSPS) is 17.6. The van der Waals surface area contributed by atoms with Gasteiger partial charge in [0.2, 0.25) is 0 Å². The number of Topliss-reactive ketones (excluding diaryl/α,β-unsaturated/α-hetero) is 1. The number of nitrogens with zero attached hydrogens (tertiary/aromatic N) is 2. The summed E-state index contributed by atoms with van der Waals surface area (Å²) in [4.78, 5) is 31.8. The number of hydrogen-bond donors (Lipinski definition) is 1. The molecule has 2 aromatic carbocycles. The van der Waals surface area contributed by atoms with Gasteiger partial charge < -0.3 is 9.84 Å². The molecule has 8 heteroatoms. The standard InChI is InChI=1S/C24H18Cl2N2O4/c1-13-3-4-16(26)12-18(13)28-21(14-7-9-27-10-8-14)20(23(30)24(28)31)22(29)17-11-15(25)5-6-19(17)32-2/h3-12,21,29H,1-2H3/b22-20+. The number of carbonyl (C=O) groups is 2. The fourth-order valence-electron chi connectivity index (χ4n) is 3.79. The van der Waals surface area contributed by atoms with E-state index in [9.17, 15) is 14.7 Å². The minimum absolute atomic E-state index is 0.0823. The number of anilines is 1. The van der Waals surface area contributed by atoms with Crippen molar-refractivity contribution in [3.63, 3.8) is 0 Å². The number of aryl methyl sites for hydroxylation is 1. The van der Waals surface area contributed by atoms with Crippen molar-refractivity contribution in [1.29, 1.82) is 0 Å². The molecule has 0 radical (unpaired) electrons. The van der Waals surface area contributed by atoms with E-state index >= 15 is 0 Å². The van der Waals surface area contributed by atoms with Gasteiger partial charge in [-0.05, 0) is 60.5 Å². The quantitative estimate of drug-likeness (QED) is 0.317. The highest BCUT2D eigenvalue weighted by Crippen LogP contribution is 2.44. The Morgan fingerprint density at radius 2 is 1.69 bits per heavy atom. The summed E-state index contributed by atoms with van der Waals surface area (Å²) >= 11 is 12.3. The number of benzene rings is 2. The molecule has 0 spiro atoms. The molecule has 1 amide bonds. The van der Waals surface area contributed by atoms with E-state index in [0.29, 0.717) is 27.0 Å². The Labute approximate surface area is 194 Å². The Bertz CT molecular complexity index is 1260. The van der Waals surface area contributed by atoms with Crippen molar-refractivity contribution in [3.8, 4) is 5.75 Å². The number of rotatable bonds is 4. The number of amides is 1. The summed E-state index contributed by atoms with van der Waals surface area (Å²) in [6, 6.07) is 12.2. The third-order valence-corrected chi connectivity index (χ3v) is 5.78. The van der Waals surface area contributed by atoms with Crippen LogP contribution in [0.2, 0.25) is 10.0 Å². The zero-order valence-corrected chi connectivity index (χ0v) is 18.7. The predicted molar refractivity (Wildman–Crippen MR) is 123 cm³/mol. The van der Waals surface area contributed by atoms with Gasteiger partial charge in [0.15, 0.2) is 0 Å². The zero-order chi connectivity index (χ0) is 23.0. The Morgan fingerprint density at radius 1 is 1.03 bits per heavy atom. The smallest absolute Gasteiger partial charge is 0.300 e. The number of hydrogen-bond acceptors (Lipinski definition) is 5. The van der Waals surface area contributed by atoms with Gasteiger partial charge in [0, 0.05) is 28.1 Å². The largest absolute Gasteiger partial charge is 0.507 e. The van der Waals surface area contributed by atoms with Crippen LogP contribution in [0.15, 0.2) is 66.5 Å². The van der Waals surface area contributed by atoms with Gasteiger partial charge in [-0.2, -0.15) is 0 Å². The molecule has 4 rings (SSSR count). The monoisotopic (exact) mass is 468 g/mol. The number of aliphatic hydroxyl groups is 1. The van der Waals surface area contributed by atoms with Crippen molar-refractivity contribution >= 4 is 46.3 Å². The Morgan fingerprint density at radius 3 is 2.38 bits per heavy atom. The first kappa shape index (κ1) is 21.9. The lowest BCUT2D eigenvalue weighted by atomic mass is 9.95. The highest BCUT2D eigenvalue weighted by molar-refractivity contribution is 6.52. The molecule has 1 saturated heterocycles. The fourth-order valence-corrected chi connectivity index (χ4v) is 4.13. The highest BCUT2D eigenvalue weighted by atomic mass is 35.5. The molecule has 1 unspecified atom stereocenters. The molecule has 1 aliphatic rings. The summed E-state index contributed by atoms with van der Waals surface area (Å²) < 4.78 is 5.34. The number of aromatic nitrogens is 1. The second-order valence-corrected chi connectivity index (χ2v) is 8.10. The Kier molecular flexibility index (Phi) is 5.91. The van der Waals surface area contributed by atoms with Gasteiger partial charge in [-0.1, -0.05) is 29.3 Å². The average Bonchev–Trinajstić information content (AvgIpc) is 3.06. The van der Waals surface area contributed by atoms with Gasteiger partial charge >= 0.3 is 0 Å². The van der Waals surface area contributed by atoms with E-state index in [1.54, 1.807) is 54.9 Å². The lowest BCUT2D eigenvalue weighted by Crippen LogP contribution is -2.30. The molecule has 1 fully saturated rings. The van der Waals surface area contributed by atoms with Crippen LogP contribution in [0.1, 0.15) is 22.7 Å². The van der Waals surface area contributed by atoms with E-state index in [-0.39, 0.29) is 16.9 Å². The van der Waals surface area contributed by atoms with E-state index in [1.165, 1.54) is 18.1 Å². The van der Waals surface area contributed by atoms with Gasteiger partial charge in [-0.15, -0.1) is 0 Å². The maximum absolute atomic E-state index is 13.2. The molecule has 1 atom stereocenters. The van der Waals surface area contributed by atoms with Crippen LogP contribution in [-0.2, 0) is 9.59 Å². The minimum Gasteiger partial charge on any atom is -0.507 e. The molecule has 162 valence electrons. The molecule has 32 heavy (non-hydrogen) atoms. The van der Waals surface area contributed by atoms with E-state index in [0.717, 1.165) is 5.56 Å². The third-order valence-electron chi connectivity index (χ3n) is 5.31. The first-order valence-electron chi connectivity index (χ1n) is 9.64. The maximum Gasteiger partial charge on any atom is 0.300 e. The van der Waals surface area contributed by atoms with Crippen LogP contribution in [0.25, 0.3) is 5.76 Å². The van der Waals surface area contributed by atoms with Crippen molar-refractivity contribution in [2.75, 3.05) is 12.0 Å². The summed E-state index contributed by atoms with van der Waals surface area (Å²) in [5.41, 5.74) is 1.94. The number of ketones is 1. The number of ether oxygens (including phenoxy) is 1. The number of pyridine rings is 1. The second-order valence-electron chi connectivity index (χ2n) is 7.23. The summed E-state index contributed by atoms with van der Waals surface area (Å²) in [7, 11) is 1.44. The van der Waals surface area contributed by atoms with E-state index in [4.69, 9.17) is 27.9 Å². The van der Waals surface area contributed by atoms with Crippen molar-refractivity contribution in [2.45, 2.75) is 13.0 Å². The van der Waals surface area contributed by atoms with Gasteiger partial charge in [0.05, 0.1) is 24.3 Å². The van der Waals surface area contributed by atoms with E-state index < -0.39 is 17.7 Å². The SMILES string of the molecule is COc1ccc(Cl)cc1/C(O)=C1\C(=O)C(=O)N(c2cc(Cl)ccc2C)C1c1ccncc1. The van der Waals surface area contributed by atoms with Crippen LogP contribution in [0.5, 0.6) is 5.75 Å². The average molecular weight is 469 g/mol. The van der Waals surface area contributed by atoms with Crippen LogP contribution in [0, 0.1) is 6.92 Å². The fraction of sp³-hybridized carbons (Fsp3) is 0.125. The minimum atomic E-state index is -0.904. The van der Waals surface area contributed by atoms with Gasteiger partial charge in [0.25, 0.3) is 11.7 Å². The van der Waals surface area contributed by atoms with Gasteiger partial charge in [0.1, 0.15) is 11.5 Å². The van der Waals surface area contributed by atoms with Crippen LogP contribution in [-0.4, -0.2) is 28.9 Å². The van der Waals surface area contributed by atoms with Crippen LogP contribution < -0.4 is 9.64 Å². The van der Waals surface area contributed by atoms with Crippen molar-refractivity contribution in [1.82, 2.24) is 4.98 Å². The number of methoxy groups -OCH3 is 1. The predicted octanol–water partition coefficient (Wildman–Crippen LogP) is 5.33. The molecule has 1 aliphatic heterocycles. The highest BCUT2D eigenvalue weighted by Gasteiger charge is 2.47. The molecule has 6 nitrogen and oxygen atoms in total. The van der Waals surface area contributed by atoms with Gasteiger partial charge in [-0.25, -0.2) is 0 Å². The first-order chi connectivity index (χ1) is 15.3. The first-order valence-corrected chi connectivity index (χ1v) is 10.4. The summed E-state index contributed by atoms with van der Waals surface area (Å²) in [5, 5.41) is 12.0. The molecule has 3 aromatic rings. The van der Waals surface area contributed by atoms with Crippen molar-refractivity contribution in [3.05, 3.63) is 93.2 Å². The van der Waals surface area contributed by atoms with Crippen LogP contribution in [0.4, 0.5) is 5.69 Å². The van der Waals surface area contributed by atoms with Crippen molar-refractivity contribution < 1.29 is 19.4 Å². The zero-order valence-electron chi connectivity index (χ0n) is 17.2. The lowest BCUT2D eigenvalue weighted by Gasteiger charge is -2.27. The van der Waals surface area contributed by atoms with Crippen molar-refractivity contribution in [2.24, 2.45) is 0 Å². The third kappa shape index (κ3) is 3.72. The molecule has 0 bridgehead atoms. The summed E-state index contributed by atoms with van der Waals surface area (Å²) in [5.74, 6) is -1.68. The van der Waals surface area contributed by atoms with Gasteiger partial charge in [-0.3, -0.25) is 19.5 Å². The van der Waals surface area contributed by atoms with E-state index in [2.05, 4.69) is 4.98 Å².